The van der Waals surface area contributed by atoms with Gasteiger partial charge in [0, 0.05) is 42.5 Å². The van der Waals surface area contributed by atoms with Gasteiger partial charge >= 0.3 is 11.9 Å². The number of ketones is 2. The summed E-state index contributed by atoms with van der Waals surface area (Å²) in [5.41, 5.74) is 1.27. The van der Waals surface area contributed by atoms with Crippen LogP contribution in [0.2, 0.25) is 0 Å². The summed E-state index contributed by atoms with van der Waals surface area (Å²) in [5.74, 6) is -1.13. The van der Waals surface area contributed by atoms with E-state index in [9.17, 15) is 19.2 Å². The highest BCUT2D eigenvalue weighted by Crippen LogP contribution is 2.39. The lowest BCUT2D eigenvalue weighted by Crippen LogP contribution is -2.45. The molecule has 0 atom stereocenters. The molecule has 0 radical (unpaired) electrons. The molecule has 1 saturated carbocycles. The Balaban J connectivity index is 1.81. The van der Waals surface area contributed by atoms with Crippen molar-refractivity contribution in [2.75, 3.05) is 0 Å². The average molecular weight is 420 g/mol. The quantitative estimate of drug-likeness (QED) is 0.357. The average Bonchev–Trinajstić information content (AvgIpc) is 2.73. The van der Waals surface area contributed by atoms with Crippen LogP contribution in [-0.4, -0.2) is 29.1 Å². The maximum absolute atomic E-state index is 13.7. The van der Waals surface area contributed by atoms with Crippen molar-refractivity contribution in [3.05, 3.63) is 64.2 Å². The second-order valence-corrected chi connectivity index (χ2v) is 8.19. The van der Waals surface area contributed by atoms with Crippen molar-refractivity contribution in [2.24, 2.45) is 0 Å². The minimum absolute atomic E-state index is 0.218. The van der Waals surface area contributed by atoms with E-state index < -0.39 is 17.5 Å². The van der Waals surface area contributed by atoms with Crippen LogP contribution in [0.15, 0.2) is 36.4 Å². The maximum atomic E-state index is 13.7. The molecular formula is C25H24O6. The minimum atomic E-state index is -1.20. The number of benzene rings is 2. The maximum Gasteiger partial charge on any atom is 0.308 e. The number of carbonyl (C=O) groups excluding carboxylic acids is 4. The third-order valence-corrected chi connectivity index (χ3v) is 6.06. The van der Waals surface area contributed by atoms with Gasteiger partial charge in [-0.05, 0) is 37.3 Å². The molecule has 6 nitrogen and oxygen atoms in total. The summed E-state index contributed by atoms with van der Waals surface area (Å²) >= 11 is 0. The summed E-state index contributed by atoms with van der Waals surface area (Å²) in [6.45, 7) is 2.62. The monoisotopic (exact) mass is 420 g/mol. The van der Waals surface area contributed by atoms with Crippen LogP contribution >= 0.6 is 0 Å². The zero-order valence-electron chi connectivity index (χ0n) is 17.7. The number of Topliss-reactive ketones (excluding diaryl/α,β-unsaturated/α-hetero) is 1. The predicted molar refractivity (Wildman–Crippen MR) is 112 cm³/mol. The Morgan fingerprint density at radius 1 is 0.839 bits per heavy atom. The Labute approximate surface area is 180 Å². The highest BCUT2D eigenvalue weighted by molar-refractivity contribution is 6.15. The highest BCUT2D eigenvalue weighted by Gasteiger charge is 2.44. The molecule has 0 spiro atoms. The Bertz CT molecular complexity index is 1090. The van der Waals surface area contributed by atoms with E-state index in [2.05, 4.69) is 0 Å². The molecule has 0 N–H and O–H groups in total. The van der Waals surface area contributed by atoms with Crippen LogP contribution in [0, 0.1) is 0 Å². The zero-order chi connectivity index (χ0) is 22.2. The van der Waals surface area contributed by atoms with Crippen molar-refractivity contribution < 1.29 is 28.7 Å². The third kappa shape index (κ3) is 3.78. The number of carbonyl (C=O) groups is 4. The standard InChI is InChI=1S/C25H24O6/c1-15(26)30-22-11-7-9-18-21(22)14-20-17(23(18)28)8-6-10-19(20)24(29)25(31-16(2)27)12-4-3-5-13-25/h6-11H,3-5,12-14H2,1-2H3. The van der Waals surface area contributed by atoms with Gasteiger partial charge in [-0.1, -0.05) is 36.8 Å². The molecule has 2 aliphatic carbocycles. The second kappa shape index (κ2) is 8.10. The molecule has 4 rings (SSSR count). The zero-order valence-corrected chi connectivity index (χ0v) is 17.7. The number of rotatable bonds is 4. The number of ether oxygens (including phenoxy) is 2. The smallest absolute Gasteiger partial charge is 0.308 e. The van der Waals surface area contributed by atoms with Crippen LogP contribution in [0.25, 0.3) is 0 Å². The van der Waals surface area contributed by atoms with E-state index in [4.69, 9.17) is 9.47 Å². The molecule has 160 valence electrons. The lowest BCUT2D eigenvalue weighted by molar-refractivity contribution is -0.155. The van der Waals surface area contributed by atoms with Crippen LogP contribution in [0.1, 0.15) is 83.4 Å². The molecule has 0 heterocycles. The predicted octanol–water partition coefficient (Wildman–Crippen LogP) is 4.20. The molecule has 0 amide bonds. The Kier molecular flexibility index (Phi) is 5.48. The van der Waals surface area contributed by atoms with Gasteiger partial charge in [-0.15, -0.1) is 0 Å². The number of esters is 2. The van der Waals surface area contributed by atoms with E-state index in [-0.39, 0.29) is 18.0 Å². The van der Waals surface area contributed by atoms with Crippen molar-refractivity contribution in [1.29, 1.82) is 0 Å². The summed E-state index contributed by atoms with van der Waals surface area (Å²) in [6.07, 6.45) is 3.80. The number of fused-ring (bicyclic) bond motifs is 2. The summed E-state index contributed by atoms with van der Waals surface area (Å²) < 4.78 is 10.9. The first-order valence-corrected chi connectivity index (χ1v) is 10.5. The lowest BCUT2D eigenvalue weighted by Gasteiger charge is -2.36. The first-order valence-electron chi connectivity index (χ1n) is 10.5. The van der Waals surface area contributed by atoms with Crippen molar-refractivity contribution in [1.82, 2.24) is 0 Å². The van der Waals surface area contributed by atoms with Crippen LogP contribution in [-0.2, 0) is 20.7 Å². The Morgan fingerprint density at radius 2 is 1.48 bits per heavy atom. The molecule has 6 heteroatoms. The first kappa shape index (κ1) is 21.0. The van der Waals surface area contributed by atoms with Gasteiger partial charge in [0.2, 0.25) is 5.78 Å². The third-order valence-electron chi connectivity index (χ3n) is 6.06. The summed E-state index contributed by atoms with van der Waals surface area (Å²) in [5, 5.41) is 0. The Morgan fingerprint density at radius 3 is 2.13 bits per heavy atom. The Hall–Kier alpha value is -3.28. The molecule has 0 bridgehead atoms. The van der Waals surface area contributed by atoms with E-state index in [1.165, 1.54) is 13.8 Å². The van der Waals surface area contributed by atoms with Crippen LogP contribution in [0.3, 0.4) is 0 Å². The molecule has 0 saturated heterocycles. The highest BCUT2D eigenvalue weighted by atomic mass is 16.6. The first-order chi connectivity index (χ1) is 14.8. The van der Waals surface area contributed by atoms with Crippen LogP contribution in [0.4, 0.5) is 0 Å². The number of hydrogen-bond donors (Lipinski definition) is 0. The summed E-state index contributed by atoms with van der Waals surface area (Å²) in [4.78, 5) is 50.3. The van der Waals surface area contributed by atoms with Crippen molar-refractivity contribution in [3.8, 4) is 5.75 Å². The topological polar surface area (TPSA) is 86.7 Å². The van der Waals surface area contributed by atoms with Gasteiger partial charge in [-0.2, -0.15) is 0 Å². The van der Waals surface area contributed by atoms with Gasteiger partial charge in [-0.25, -0.2) is 0 Å². The fraction of sp³-hybridized carbons (Fsp3) is 0.360. The fourth-order valence-corrected chi connectivity index (χ4v) is 4.75. The van der Waals surface area contributed by atoms with Gasteiger partial charge in [0.25, 0.3) is 0 Å². The van der Waals surface area contributed by atoms with Crippen LogP contribution < -0.4 is 4.74 Å². The largest absolute Gasteiger partial charge is 0.451 e. The van der Waals surface area contributed by atoms with Crippen molar-refractivity contribution in [3.63, 3.8) is 0 Å². The fourth-order valence-electron chi connectivity index (χ4n) is 4.75. The van der Waals surface area contributed by atoms with Crippen LogP contribution in [0.5, 0.6) is 5.75 Å². The molecule has 2 aromatic rings. The molecule has 2 aliphatic rings. The van der Waals surface area contributed by atoms with Gasteiger partial charge in [0.05, 0.1) is 0 Å². The van der Waals surface area contributed by atoms with Crippen molar-refractivity contribution >= 4 is 23.5 Å². The molecule has 2 aromatic carbocycles. The lowest BCUT2D eigenvalue weighted by atomic mass is 9.75. The summed E-state index contributed by atoms with van der Waals surface area (Å²) in [6, 6.07) is 10.1. The molecule has 0 aliphatic heterocycles. The molecule has 31 heavy (non-hydrogen) atoms. The van der Waals surface area contributed by atoms with E-state index in [1.807, 2.05) is 0 Å². The second-order valence-electron chi connectivity index (χ2n) is 8.19. The van der Waals surface area contributed by atoms with Gasteiger partial charge in [-0.3, -0.25) is 19.2 Å². The van der Waals surface area contributed by atoms with Gasteiger partial charge in [0.15, 0.2) is 11.4 Å². The van der Waals surface area contributed by atoms with Gasteiger partial charge < -0.3 is 9.47 Å². The summed E-state index contributed by atoms with van der Waals surface area (Å²) in [7, 11) is 0. The van der Waals surface area contributed by atoms with E-state index in [0.717, 1.165) is 19.3 Å². The van der Waals surface area contributed by atoms with E-state index >= 15 is 0 Å². The number of hydrogen-bond acceptors (Lipinski definition) is 6. The molecule has 1 fully saturated rings. The van der Waals surface area contributed by atoms with E-state index in [1.54, 1.807) is 36.4 Å². The molecule has 0 aromatic heterocycles. The van der Waals surface area contributed by atoms with Crippen molar-refractivity contribution in [2.45, 2.75) is 58.0 Å². The molecular weight excluding hydrogens is 396 g/mol. The molecule has 0 unspecified atom stereocenters. The van der Waals surface area contributed by atoms with E-state index in [0.29, 0.717) is 46.4 Å². The normalized spacial score (nSPS) is 16.6. The SMILES string of the molecule is CC(=O)Oc1cccc2c1Cc1c(cccc1C(=O)C1(OC(C)=O)CCCCC1)C2=O. The van der Waals surface area contributed by atoms with Gasteiger partial charge in [0.1, 0.15) is 5.75 Å². The minimum Gasteiger partial charge on any atom is -0.451 e.